The number of hydrogen-bond donors (Lipinski definition) is 1. The van der Waals surface area contributed by atoms with Gasteiger partial charge in [0.15, 0.2) is 0 Å². The van der Waals surface area contributed by atoms with Gasteiger partial charge in [0.2, 0.25) is 0 Å². The van der Waals surface area contributed by atoms with E-state index in [1.54, 1.807) is 24.9 Å². The average Bonchev–Trinajstić information content (AvgIpc) is 2.73. The van der Waals surface area contributed by atoms with E-state index in [4.69, 9.17) is 5.73 Å². The highest BCUT2D eigenvalue weighted by Crippen LogP contribution is 2.16. The lowest BCUT2D eigenvalue weighted by Gasteiger charge is -2.03. The summed E-state index contributed by atoms with van der Waals surface area (Å²) in [6.07, 6.45) is 6.88. The summed E-state index contributed by atoms with van der Waals surface area (Å²) in [7, 11) is 0. The van der Waals surface area contributed by atoms with E-state index in [1.165, 1.54) is 0 Å². The van der Waals surface area contributed by atoms with Crippen LogP contribution in [0.4, 0.5) is 5.69 Å². The third-order valence-corrected chi connectivity index (χ3v) is 2.59. The molecule has 0 atom stereocenters. The summed E-state index contributed by atoms with van der Waals surface area (Å²) < 4.78 is 2.01. The number of hydrogen-bond acceptors (Lipinski definition) is 4. The van der Waals surface area contributed by atoms with Crippen molar-refractivity contribution >= 4 is 16.7 Å². The number of anilines is 1. The van der Waals surface area contributed by atoms with E-state index in [1.807, 2.05) is 22.8 Å². The van der Waals surface area contributed by atoms with E-state index < -0.39 is 0 Å². The topological polar surface area (TPSA) is 69.6 Å². The summed E-state index contributed by atoms with van der Waals surface area (Å²) in [4.78, 5) is 12.6. The van der Waals surface area contributed by atoms with E-state index in [0.29, 0.717) is 6.54 Å². The molecule has 3 rings (SSSR count). The first kappa shape index (κ1) is 9.77. The van der Waals surface area contributed by atoms with E-state index in [0.717, 1.165) is 22.4 Å². The van der Waals surface area contributed by atoms with Gasteiger partial charge in [-0.2, -0.15) is 0 Å². The molecule has 0 fully saturated rings. The molecule has 0 amide bonds. The fraction of sp³-hybridized carbons (Fsp3) is 0.0833. The molecule has 2 heterocycles. The molecule has 2 aromatic heterocycles. The van der Waals surface area contributed by atoms with Crippen molar-refractivity contribution in [3.05, 3.63) is 48.8 Å². The van der Waals surface area contributed by atoms with Crippen molar-refractivity contribution in [2.24, 2.45) is 0 Å². The number of fused-ring (bicyclic) bond motifs is 1. The largest absolute Gasteiger partial charge is 0.399 e. The Morgan fingerprint density at radius 3 is 2.94 bits per heavy atom. The van der Waals surface area contributed by atoms with Gasteiger partial charge in [-0.3, -0.25) is 9.97 Å². The molecule has 0 bridgehead atoms. The normalized spacial score (nSPS) is 10.8. The Morgan fingerprint density at radius 1 is 1.18 bits per heavy atom. The summed E-state index contributed by atoms with van der Waals surface area (Å²) in [6.45, 7) is 0.647. The minimum atomic E-state index is 0.647. The zero-order valence-corrected chi connectivity index (χ0v) is 9.11. The van der Waals surface area contributed by atoms with Crippen LogP contribution in [0.2, 0.25) is 0 Å². The van der Waals surface area contributed by atoms with Gasteiger partial charge in [0.05, 0.1) is 35.8 Å². The van der Waals surface area contributed by atoms with Crippen LogP contribution in [-0.4, -0.2) is 19.5 Å². The number of rotatable bonds is 2. The predicted molar refractivity (Wildman–Crippen MR) is 65.3 cm³/mol. The Bertz CT molecular complexity index is 644. The van der Waals surface area contributed by atoms with Gasteiger partial charge in [-0.15, -0.1) is 0 Å². The van der Waals surface area contributed by atoms with Gasteiger partial charge >= 0.3 is 0 Å². The third kappa shape index (κ3) is 1.82. The van der Waals surface area contributed by atoms with Crippen LogP contribution < -0.4 is 5.73 Å². The first-order valence-electron chi connectivity index (χ1n) is 5.28. The van der Waals surface area contributed by atoms with Gasteiger partial charge < -0.3 is 10.3 Å². The standard InChI is InChI=1S/C12H11N5/c13-9-1-2-11-12(5-9)17(8-16-11)7-10-6-14-3-4-15-10/h1-6,8H,7,13H2. The molecule has 5 heteroatoms. The van der Waals surface area contributed by atoms with Crippen LogP contribution in [0.25, 0.3) is 11.0 Å². The van der Waals surface area contributed by atoms with Crippen LogP contribution in [-0.2, 0) is 6.54 Å². The zero-order chi connectivity index (χ0) is 11.7. The number of imidazole rings is 1. The highest BCUT2D eigenvalue weighted by atomic mass is 15.1. The summed E-state index contributed by atoms with van der Waals surface area (Å²) >= 11 is 0. The first-order valence-corrected chi connectivity index (χ1v) is 5.28. The quantitative estimate of drug-likeness (QED) is 0.670. The summed E-state index contributed by atoms with van der Waals surface area (Å²) in [5, 5.41) is 0. The number of nitrogens with two attached hydrogens (primary N) is 1. The van der Waals surface area contributed by atoms with E-state index in [9.17, 15) is 0 Å². The monoisotopic (exact) mass is 225 g/mol. The molecule has 0 radical (unpaired) electrons. The lowest BCUT2D eigenvalue weighted by molar-refractivity contribution is 0.790. The summed E-state index contributed by atoms with van der Waals surface area (Å²) in [5.74, 6) is 0. The minimum absolute atomic E-state index is 0.647. The molecule has 84 valence electrons. The number of benzene rings is 1. The fourth-order valence-corrected chi connectivity index (χ4v) is 1.79. The van der Waals surface area contributed by atoms with Gasteiger partial charge in [-0.05, 0) is 18.2 Å². The van der Waals surface area contributed by atoms with Crippen LogP contribution in [0.3, 0.4) is 0 Å². The second-order valence-corrected chi connectivity index (χ2v) is 3.82. The van der Waals surface area contributed by atoms with Gasteiger partial charge in [0.1, 0.15) is 0 Å². The number of nitrogens with zero attached hydrogens (tertiary/aromatic N) is 4. The Kier molecular flexibility index (Phi) is 2.22. The molecule has 5 nitrogen and oxygen atoms in total. The lowest BCUT2D eigenvalue weighted by atomic mass is 10.3. The van der Waals surface area contributed by atoms with Crippen molar-refractivity contribution in [2.75, 3.05) is 5.73 Å². The molecule has 0 aliphatic carbocycles. The molecule has 0 saturated carbocycles. The van der Waals surface area contributed by atoms with Crippen LogP contribution >= 0.6 is 0 Å². The molecule has 3 aromatic rings. The van der Waals surface area contributed by atoms with Crippen LogP contribution in [0.5, 0.6) is 0 Å². The molecule has 0 unspecified atom stereocenters. The lowest BCUT2D eigenvalue weighted by Crippen LogP contribution is -2.00. The van der Waals surface area contributed by atoms with Crippen LogP contribution in [0.15, 0.2) is 43.1 Å². The van der Waals surface area contributed by atoms with Gasteiger partial charge in [-0.25, -0.2) is 4.98 Å². The summed E-state index contributed by atoms with van der Waals surface area (Å²) in [6, 6.07) is 5.68. The van der Waals surface area contributed by atoms with E-state index in [2.05, 4.69) is 15.0 Å². The molecule has 17 heavy (non-hydrogen) atoms. The van der Waals surface area contributed by atoms with Crippen molar-refractivity contribution in [3.8, 4) is 0 Å². The Morgan fingerprint density at radius 2 is 2.12 bits per heavy atom. The number of nitrogen functional groups attached to an aromatic ring is 1. The molecular formula is C12H11N5. The van der Waals surface area contributed by atoms with Crippen molar-refractivity contribution < 1.29 is 0 Å². The molecule has 1 aromatic carbocycles. The zero-order valence-electron chi connectivity index (χ0n) is 9.11. The van der Waals surface area contributed by atoms with Crippen molar-refractivity contribution in [3.63, 3.8) is 0 Å². The average molecular weight is 225 g/mol. The SMILES string of the molecule is Nc1ccc2ncn(Cc3cnccn3)c2c1. The van der Waals surface area contributed by atoms with Crippen molar-refractivity contribution in [1.82, 2.24) is 19.5 Å². The van der Waals surface area contributed by atoms with Gasteiger partial charge in [-0.1, -0.05) is 0 Å². The van der Waals surface area contributed by atoms with Crippen molar-refractivity contribution in [2.45, 2.75) is 6.54 Å². The Hall–Kier alpha value is -2.43. The minimum Gasteiger partial charge on any atom is -0.399 e. The molecular weight excluding hydrogens is 214 g/mol. The highest BCUT2D eigenvalue weighted by molar-refractivity contribution is 5.79. The maximum atomic E-state index is 5.78. The summed E-state index contributed by atoms with van der Waals surface area (Å²) in [5.41, 5.74) is 9.35. The predicted octanol–water partition coefficient (Wildman–Crippen LogP) is 1.46. The Labute approximate surface area is 98.0 Å². The van der Waals surface area contributed by atoms with Crippen molar-refractivity contribution in [1.29, 1.82) is 0 Å². The fourth-order valence-electron chi connectivity index (χ4n) is 1.79. The van der Waals surface area contributed by atoms with E-state index in [-0.39, 0.29) is 0 Å². The highest BCUT2D eigenvalue weighted by Gasteiger charge is 2.04. The smallest absolute Gasteiger partial charge is 0.0962 e. The first-order chi connectivity index (χ1) is 8.33. The third-order valence-electron chi connectivity index (χ3n) is 2.59. The van der Waals surface area contributed by atoms with Crippen LogP contribution in [0.1, 0.15) is 5.69 Å². The molecule has 0 aliphatic heterocycles. The molecule has 0 spiro atoms. The molecule has 0 aliphatic rings. The maximum Gasteiger partial charge on any atom is 0.0962 e. The number of aromatic nitrogens is 4. The molecule has 2 N–H and O–H groups in total. The van der Waals surface area contributed by atoms with Gasteiger partial charge in [0, 0.05) is 18.1 Å². The molecule has 0 saturated heterocycles. The second-order valence-electron chi connectivity index (χ2n) is 3.82. The van der Waals surface area contributed by atoms with Crippen LogP contribution in [0, 0.1) is 0 Å². The van der Waals surface area contributed by atoms with E-state index >= 15 is 0 Å². The maximum absolute atomic E-state index is 5.78. The van der Waals surface area contributed by atoms with Gasteiger partial charge in [0.25, 0.3) is 0 Å². The second kappa shape index (κ2) is 3.86. The Balaban J connectivity index is 2.03.